The predicted molar refractivity (Wildman–Crippen MR) is 63.9 cm³/mol. The maximum absolute atomic E-state index is 13.4. The first-order valence-corrected chi connectivity index (χ1v) is 5.94. The van der Waals surface area contributed by atoms with E-state index >= 15 is 0 Å². The lowest BCUT2D eigenvalue weighted by Gasteiger charge is -2.34. The number of anilines is 1. The van der Waals surface area contributed by atoms with Crippen molar-refractivity contribution in [2.75, 3.05) is 5.32 Å². The molecule has 0 amide bonds. The van der Waals surface area contributed by atoms with Crippen LogP contribution in [-0.4, -0.2) is 11.0 Å². The van der Waals surface area contributed by atoms with Gasteiger partial charge in [0.25, 0.3) is 0 Å². The minimum Gasteiger partial charge on any atom is -0.365 e. The minimum absolute atomic E-state index is 0.257. The number of hydrogen-bond acceptors (Lipinski definition) is 2. The highest BCUT2D eigenvalue weighted by atomic mass is 19.1. The van der Waals surface area contributed by atoms with Crippen LogP contribution in [0.25, 0.3) is 0 Å². The second-order valence-electron chi connectivity index (χ2n) is 5.42. The molecule has 88 valence electrons. The molecule has 1 saturated carbocycles. The maximum atomic E-state index is 13.4. The lowest BCUT2D eigenvalue weighted by atomic mass is 9.75. The molecule has 1 N–H and O–H groups in total. The molecule has 1 aromatic heterocycles. The standard InChI is InChI=1S/C13H19FN2/c1-13(2)7-5-10(6-8-13)16-12-11(14)4-3-9-15-12/h3-4,9-10H,5-8H2,1-2H3,(H,15,16). The molecule has 1 aromatic rings. The van der Waals surface area contributed by atoms with Crippen molar-refractivity contribution in [2.45, 2.75) is 45.6 Å². The fourth-order valence-corrected chi connectivity index (χ4v) is 2.23. The summed E-state index contributed by atoms with van der Waals surface area (Å²) in [5, 5.41) is 3.20. The van der Waals surface area contributed by atoms with Gasteiger partial charge in [0.15, 0.2) is 11.6 Å². The minimum atomic E-state index is -0.257. The van der Waals surface area contributed by atoms with Crippen LogP contribution in [-0.2, 0) is 0 Å². The Labute approximate surface area is 96.3 Å². The van der Waals surface area contributed by atoms with Crippen LogP contribution in [0.2, 0.25) is 0 Å². The van der Waals surface area contributed by atoms with Gasteiger partial charge in [-0.05, 0) is 43.2 Å². The fraction of sp³-hybridized carbons (Fsp3) is 0.615. The number of nitrogens with one attached hydrogen (secondary N) is 1. The van der Waals surface area contributed by atoms with Crippen molar-refractivity contribution in [3.8, 4) is 0 Å². The maximum Gasteiger partial charge on any atom is 0.165 e. The van der Waals surface area contributed by atoms with Crippen molar-refractivity contribution in [3.05, 3.63) is 24.1 Å². The zero-order valence-electron chi connectivity index (χ0n) is 9.96. The molecule has 0 atom stereocenters. The molecule has 0 spiro atoms. The highest BCUT2D eigenvalue weighted by molar-refractivity contribution is 5.36. The Morgan fingerprint density at radius 1 is 1.38 bits per heavy atom. The number of halogens is 1. The van der Waals surface area contributed by atoms with Crippen LogP contribution in [0.1, 0.15) is 39.5 Å². The van der Waals surface area contributed by atoms with Gasteiger partial charge in [0.05, 0.1) is 0 Å². The monoisotopic (exact) mass is 222 g/mol. The fourth-order valence-electron chi connectivity index (χ4n) is 2.23. The van der Waals surface area contributed by atoms with E-state index in [-0.39, 0.29) is 5.82 Å². The zero-order valence-corrected chi connectivity index (χ0v) is 9.96. The Hall–Kier alpha value is -1.12. The van der Waals surface area contributed by atoms with E-state index in [4.69, 9.17) is 0 Å². The van der Waals surface area contributed by atoms with Crippen LogP contribution in [0.5, 0.6) is 0 Å². The Bertz CT molecular complexity index is 353. The van der Waals surface area contributed by atoms with Crippen LogP contribution in [0.15, 0.2) is 18.3 Å². The average Bonchev–Trinajstić information content (AvgIpc) is 2.24. The van der Waals surface area contributed by atoms with Crippen molar-refractivity contribution < 1.29 is 4.39 Å². The van der Waals surface area contributed by atoms with Crippen LogP contribution >= 0.6 is 0 Å². The molecule has 1 fully saturated rings. The second-order valence-corrected chi connectivity index (χ2v) is 5.42. The molecule has 0 unspecified atom stereocenters. The van der Waals surface area contributed by atoms with Gasteiger partial charge in [-0.1, -0.05) is 13.8 Å². The van der Waals surface area contributed by atoms with Gasteiger partial charge in [0.2, 0.25) is 0 Å². The molecule has 16 heavy (non-hydrogen) atoms. The number of rotatable bonds is 2. The highest BCUT2D eigenvalue weighted by Gasteiger charge is 2.27. The van der Waals surface area contributed by atoms with Crippen molar-refractivity contribution in [2.24, 2.45) is 5.41 Å². The Morgan fingerprint density at radius 3 is 2.69 bits per heavy atom. The number of nitrogens with zero attached hydrogens (tertiary/aromatic N) is 1. The van der Waals surface area contributed by atoms with Gasteiger partial charge in [-0.25, -0.2) is 9.37 Å². The highest BCUT2D eigenvalue weighted by Crippen LogP contribution is 2.36. The topological polar surface area (TPSA) is 24.9 Å². The Morgan fingerprint density at radius 2 is 2.06 bits per heavy atom. The largest absolute Gasteiger partial charge is 0.365 e. The zero-order chi connectivity index (χ0) is 11.6. The lowest BCUT2D eigenvalue weighted by molar-refractivity contribution is 0.232. The Balaban J connectivity index is 1.95. The molecule has 0 aliphatic heterocycles. The summed E-state index contributed by atoms with van der Waals surface area (Å²) in [6.07, 6.45) is 6.21. The van der Waals surface area contributed by atoms with Gasteiger partial charge in [-0.3, -0.25) is 0 Å². The van der Waals surface area contributed by atoms with Crippen LogP contribution < -0.4 is 5.32 Å². The summed E-state index contributed by atoms with van der Waals surface area (Å²) in [6, 6.07) is 3.43. The van der Waals surface area contributed by atoms with Crippen molar-refractivity contribution in [1.82, 2.24) is 4.98 Å². The van der Waals surface area contributed by atoms with E-state index in [0.29, 0.717) is 17.3 Å². The van der Waals surface area contributed by atoms with E-state index < -0.39 is 0 Å². The molecule has 3 heteroatoms. The summed E-state index contributed by atoms with van der Waals surface area (Å²) < 4.78 is 13.4. The van der Waals surface area contributed by atoms with E-state index in [1.165, 1.54) is 18.9 Å². The summed E-state index contributed by atoms with van der Waals surface area (Å²) in [6.45, 7) is 4.59. The van der Waals surface area contributed by atoms with Crippen LogP contribution in [0.3, 0.4) is 0 Å². The van der Waals surface area contributed by atoms with E-state index in [2.05, 4.69) is 24.1 Å². The van der Waals surface area contributed by atoms with Crippen LogP contribution in [0, 0.1) is 11.2 Å². The first-order valence-electron chi connectivity index (χ1n) is 5.94. The Kier molecular flexibility index (Phi) is 3.13. The third-order valence-electron chi connectivity index (χ3n) is 3.44. The van der Waals surface area contributed by atoms with E-state index in [1.807, 2.05) is 0 Å². The van der Waals surface area contributed by atoms with E-state index in [1.54, 1.807) is 12.3 Å². The van der Waals surface area contributed by atoms with Gasteiger partial charge in [-0.15, -0.1) is 0 Å². The summed E-state index contributed by atoms with van der Waals surface area (Å²) in [5.74, 6) is 0.138. The predicted octanol–water partition coefficient (Wildman–Crippen LogP) is 3.60. The van der Waals surface area contributed by atoms with Gasteiger partial charge in [0, 0.05) is 12.2 Å². The van der Waals surface area contributed by atoms with Gasteiger partial charge in [-0.2, -0.15) is 0 Å². The molecule has 1 heterocycles. The van der Waals surface area contributed by atoms with Gasteiger partial charge >= 0.3 is 0 Å². The van der Waals surface area contributed by atoms with Crippen LogP contribution in [0.4, 0.5) is 10.2 Å². The normalized spacial score (nSPS) is 20.7. The van der Waals surface area contributed by atoms with Crippen molar-refractivity contribution in [3.63, 3.8) is 0 Å². The summed E-state index contributed by atoms with van der Waals surface area (Å²) in [5.41, 5.74) is 0.445. The average molecular weight is 222 g/mol. The van der Waals surface area contributed by atoms with Crippen molar-refractivity contribution >= 4 is 5.82 Å². The molecular weight excluding hydrogens is 203 g/mol. The van der Waals surface area contributed by atoms with E-state index in [0.717, 1.165) is 12.8 Å². The third-order valence-corrected chi connectivity index (χ3v) is 3.44. The summed E-state index contributed by atoms with van der Waals surface area (Å²) in [7, 11) is 0. The van der Waals surface area contributed by atoms with Crippen molar-refractivity contribution in [1.29, 1.82) is 0 Å². The quantitative estimate of drug-likeness (QED) is 0.827. The smallest absolute Gasteiger partial charge is 0.165 e. The number of hydrogen-bond donors (Lipinski definition) is 1. The molecule has 1 aliphatic carbocycles. The SMILES string of the molecule is CC1(C)CCC(Nc2ncccc2F)CC1. The molecule has 0 bridgehead atoms. The van der Waals surface area contributed by atoms with Gasteiger partial charge < -0.3 is 5.32 Å². The molecule has 0 saturated heterocycles. The molecule has 0 aromatic carbocycles. The van der Waals surface area contributed by atoms with E-state index in [9.17, 15) is 4.39 Å². The summed E-state index contributed by atoms with van der Waals surface area (Å²) >= 11 is 0. The first-order chi connectivity index (χ1) is 7.57. The first kappa shape index (κ1) is 11.4. The molecular formula is C13H19FN2. The molecule has 0 radical (unpaired) electrons. The number of aromatic nitrogens is 1. The molecule has 2 rings (SSSR count). The number of pyridine rings is 1. The molecule has 2 nitrogen and oxygen atoms in total. The summed E-state index contributed by atoms with van der Waals surface area (Å²) in [4.78, 5) is 4.02. The molecule has 1 aliphatic rings. The second kappa shape index (κ2) is 4.40. The van der Waals surface area contributed by atoms with Gasteiger partial charge in [0.1, 0.15) is 0 Å². The lowest BCUT2D eigenvalue weighted by Crippen LogP contribution is -2.30. The third kappa shape index (κ3) is 2.71.